The molecular weight excluding hydrogens is 256 g/mol. The third-order valence-corrected chi connectivity index (χ3v) is 3.73. The molecule has 1 aromatic heterocycles. The van der Waals surface area contributed by atoms with Crippen molar-refractivity contribution in [2.24, 2.45) is 5.92 Å². The molecule has 18 heavy (non-hydrogen) atoms. The Balaban J connectivity index is 2.45. The fourth-order valence-electron chi connectivity index (χ4n) is 1.97. The SMILES string of the molecule is Cc1nsc(N2C(=O)CC(C)CC2=O)c1C(=O)O. The fraction of sp³-hybridized carbons (Fsp3) is 0.455. The minimum atomic E-state index is -1.17. The quantitative estimate of drug-likeness (QED) is 0.820. The van der Waals surface area contributed by atoms with Crippen LogP contribution in [-0.2, 0) is 9.59 Å². The molecule has 1 aliphatic rings. The van der Waals surface area contributed by atoms with Crippen LogP contribution in [0.5, 0.6) is 0 Å². The number of carboxylic acid groups (broad SMARTS) is 1. The summed E-state index contributed by atoms with van der Waals surface area (Å²) in [5, 5.41) is 9.23. The lowest BCUT2D eigenvalue weighted by Crippen LogP contribution is -2.43. The Morgan fingerprint density at radius 2 is 1.94 bits per heavy atom. The predicted molar refractivity (Wildman–Crippen MR) is 64.7 cm³/mol. The van der Waals surface area contributed by atoms with Gasteiger partial charge in [-0.25, -0.2) is 9.69 Å². The molecule has 2 heterocycles. The van der Waals surface area contributed by atoms with Crippen molar-refractivity contribution in [3.8, 4) is 0 Å². The van der Waals surface area contributed by atoms with E-state index in [1.807, 2.05) is 6.92 Å². The molecule has 1 saturated heterocycles. The van der Waals surface area contributed by atoms with E-state index in [0.29, 0.717) is 5.69 Å². The second kappa shape index (κ2) is 4.49. The van der Waals surface area contributed by atoms with E-state index in [0.717, 1.165) is 16.4 Å². The maximum Gasteiger partial charge on any atom is 0.340 e. The van der Waals surface area contributed by atoms with Crippen molar-refractivity contribution in [2.45, 2.75) is 26.7 Å². The molecular formula is C11H12N2O4S. The Hall–Kier alpha value is -1.76. The van der Waals surface area contributed by atoms with Gasteiger partial charge in [0, 0.05) is 12.8 Å². The molecule has 0 unspecified atom stereocenters. The summed E-state index contributed by atoms with van der Waals surface area (Å²) in [5.74, 6) is -1.88. The van der Waals surface area contributed by atoms with Crippen molar-refractivity contribution in [1.82, 2.24) is 4.37 Å². The molecule has 1 aromatic rings. The summed E-state index contributed by atoms with van der Waals surface area (Å²) in [5.41, 5.74) is 0.262. The first kappa shape index (κ1) is 12.7. The predicted octanol–water partition coefficient (Wildman–Crippen LogP) is 1.44. The Morgan fingerprint density at radius 1 is 1.39 bits per heavy atom. The average Bonchev–Trinajstić information content (AvgIpc) is 2.58. The number of piperidine rings is 1. The highest BCUT2D eigenvalue weighted by Crippen LogP contribution is 2.33. The van der Waals surface area contributed by atoms with Gasteiger partial charge in [0.25, 0.3) is 0 Å². The van der Waals surface area contributed by atoms with Gasteiger partial charge in [-0.15, -0.1) is 0 Å². The number of aromatic nitrogens is 1. The van der Waals surface area contributed by atoms with E-state index in [2.05, 4.69) is 4.37 Å². The summed E-state index contributed by atoms with van der Waals surface area (Å²) in [4.78, 5) is 35.9. The normalized spacial score (nSPS) is 17.3. The van der Waals surface area contributed by atoms with Crippen LogP contribution in [0.15, 0.2) is 0 Å². The summed E-state index contributed by atoms with van der Waals surface area (Å²) >= 11 is 0.873. The van der Waals surface area contributed by atoms with Gasteiger partial charge in [0.05, 0.1) is 5.69 Å². The molecule has 1 aliphatic heterocycles. The zero-order valence-electron chi connectivity index (χ0n) is 9.97. The maximum atomic E-state index is 11.9. The topological polar surface area (TPSA) is 87.6 Å². The number of aryl methyl sites for hydroxylation is 1. The molecule has 0 atom stereocenters. The summed E-state index contributed by atoms with van der Waals surface area (Å²) in [6.45, 7) is 3.37. The van der Waals surface area contributed by atoms with Crippen LogP contribution >= 0.6 is 11.5 Å². The second-order valence-electron chi connectivity index (χ2n) is 4.39. The zero-order chi connectivity index (χ0) is 13.4. The van der Waals surface area contributed by atoms with E-state index in [1.165, 1.54) is 0 Å². The minimum absolute atomic E-state index is 0.00328. The van der Waals surface area contributed by atoms with Crippen LogP contribution in [0, 0.1) is 12.8 Å². The first-order valence-electron chi connectivity index (χ1n) is 5.47. The van der Waals surface area contributed by atoms with Crippen LogP contribution in [-0.4, -0.2) is 27.3 Å². The van der Waals surface area contributed by atoms with Crippen LogP contribution in [0.25, 0.3) is 0 Å². The van der Waals surface area contributed by atoms with Gasteiger partial charge in [-0.1, -0.05) is 6.92 Å². The number of imide groups is 1. The van der Waals surface area contributed by atoms with Gasteiger partial charge in [0.2, 0.25) is 11.8 Å². The number of hydrogen-bond acceptors (Lipinski definition) is 5. The lowest BCUT2D eigenvalue weighted by atomic mass is 9.98. The molecule has 7 heteroatoms. The number of nitrogens with zero attached hydrogens (tertiary/aromatic N) is 2. The van der Waals surface area contributed by atoms with Crippen LogP contribution < -0.4 is 4.90 Å². The van der Waals surface area contributed by atoms with E-state index < -0.39 is 5.97 Å². The summed E-state index contributed by atoms with van der Waals surface area (Å²) < 4.78 is 3.92. The van der Waals surface area contributed by atoms with Gasteiger partial charge < -0.3 is 5.11 Å². The van der Waals surface area contributed by atoms with Crippen molar-refractivity contribution in [3.05, 3.63) is 11.3 Å². The van der Waals surface area contributed by atoms with E-state index in [9.17, 15) is 14.4 Å². The average molecular weight is 268 g/mol. The highest BCUT2D eigenvalue weighted by Gasteiger charge is 2.35. The number of anilines is 1. The highest BCUT2D eigenvalue weighted by atomic mass is 32.1. The van der Waals surface area contributed by atoms with E-state index >= 15 is 0 Å². The van der Waals surface area contributed by atoms with Gasteiger partial charge in [-0.3, -0.25) is 9.59 Å². The Kier molecular flexibility index (Phi) is 3.16. The number of carbonyl (C=O) groups excluding carboxylic acids is 2. The fourth-order valence-corrected chi connectivity index (χ4v) is 2.90. The van der Waals surface area contributed by atoms with Crippen molar-refractivity contribution < 1.29 is 19.5 Å². The molecule has 2 amide bonds. The zero-order valence-corrected chi connectivity index (χ0v) is 10.8. The van der Waals surface area contributed by atoms with Gasteiger partial charge in [0.15, 0.2) is 0 Å². The molecule has 0 aromatic carbocycles. The van der Waals surface area contributed by atoms with Crippen molar-refractivity contribution in [2.75, 3.05) is 4.90 Å². The minimum Gasteiger partial charge on any atom is -0.478 e. The lowest BCUT2D eigenvalue weighted by Gasteiger charge is -2.27. The summed E-state index contributed by atoms with van der Waals surface area (Å²) in [7, 11) is 0. The van der Waals surface area contributed by atoms with Crippen molar-refractivity contribution >= 4 is 34.3 Å². The van der Waals surface area contributed by atoms with Gasteiger partial charge in [-0.2, -0.15) is 4.37 Å². The van der Waals surface area contributed by atoms with Crippen LogP contribution in [0.2, 0.25) is 0 Å². The smallest absolute Gasteiger partial charge is 0.340 e. The molecule has 96 valence electrons. The van der Waals surface area contributed by atoms with Gasteiger partial charge in [0.1, 0.15) is 10.6 Å². The number of hydrogen-bond donors (Lipinski definition) is 1. The molecule has 6 nitrogen and oxygen atoms in total. The summed E-state index contributed by atoms with van der Waals surface area (Å²) in [6, 6.07) is 0. The van der Waals surface area contributed by atoms with Gasteiger partial charge in [-0.05, 0) is 24.4 Å². The van der Waals surface area contributed by atoms with Gasteiger partial charge >= 0.3 is 5.97 Å². The standard InChI is InChI=1S/C11H12N2O4S/c1-5-3-7(14)13(8(15)4-5)10-9(11(16)17)6(2)12-18-10/h5H,3-4H2,1-2H3,(H,16,17). The first-order valence-corrected chi connectivity index (χ1v) is 6.24. The monoisotopic (exact) mass is 268 g/mol. The van der Waals surface area contributed by atoms with E-state index in [1.54, 1.807) is 6.92 Å². The molecule has 1 fully saturated rings. The molecule has 2 rings (SSSR count). The molecule has 0 spiro atoms. The van der Waals surface area contributed by atoms with E-state index in [-0.39, 0.29) is 41.1 Å². The Morgan fingerprint density at radius 3 is 2.44 bits per heavy atom. The van der Waals surface area contributed by atoms with Crippen LogP contribution in [0.1, 0.15) is 35.8 Å². The second-order valence-corrected chi connectivity index (χ2v) is 5.14. The van der Waals surface area contributed by atoms with Crippen LogP contribution in [0.3, 0.4) is 0 Å². The number of carboxylic acids is 1. The first-order chi connectivity index (χ1) is 8.41. The summed E-state index contributed by atoms with van der Waals surface area (Å²) in [6.07, 6.45) is 0.503. The molecule has 1 N–H and O–H groups in total. The van der Waals surface area contributed by atoms with E-state index in [4.69, 9.17) is 5.11 Å². The van der Waals surface area contributed by atoms with Crippen molar-refractivity contribution in [3.63, 3.8) is 0 Å². The lowest BCUT2D eigenvalue weighted by molar-refractivity contribution is -0.130. The Labute approximate surface area is 107 Å². The third-order valence-electron chi connectivity index (χ3n) is 2.81. The molecule has 0 aliphatic carbocycles. The van der Waals surface area contributed by atoms with Crippen LogP contribution in [0.4, 0.5) is 5.00 Å². The van der Waals surface area contributed by atoms with Crippen molar-refractivity contribution in [1.29, 1.82) is 0 Å². The molecule has 0 radical (unpaired) electrons. The molecule has 0 bridgehead atoms. The molecule has 0 saturated carbocycles. The number of rotatable bonds is 2. The largest absolute Gasteiger partial charge is 0.478 e. The number of aromatic carboxylic acids is 1. The highest BCUT2D eigenvalue weighted by molar-refractivity contribution is 7.11. The Bertz CT molecular complexity index is 519. The third kappa shape index (κ3) is 2.01. The maximum absolute atomic E-state index is 11.9. The number of amides is 2. The number of carbonyl (C=O) groups is 3.